The summed E-state index contributed by atoms with van der Waals surface area (Å²) < 4.78 is 0. The van der Waals surface area contributed by atoms with Crippen LogP contribution in [0.2, 0.25) is 0 Å². The molecule has 3 heteroatoms. The Bertz CT molecular complexity index is 606. The summed E-state index contributed by atoms with van der Waals surface area (Å²) in [7, 11) is 0. The molecular formula is C18H22N2O. The largest absolute Gasteiger partial charge is 0.329 e. The van der Waals surface area contributed by atoms with Gasteiger partial charge in [0.25, 0.3) is 0 Å². The van der Waals surface area contributed by atoms with Gasteiger partial charge in [0.05, 0.1) is 5.41 Å². The van der Waals surface area contributed by atoms with Crippen LogP contribution in [0, 0.1) is 5.41 Å². The molecule has 21 heavy (non-hydrogen) atoms. The van der Waals surface area contributed by atoms with E-state index in [0.717, 1.165) is 17.7 Å². The number of amides is 1. The Morgan fingerprint density at radius 2 is 1.67 bits per heavy atom. The van der Waals surface area contributed by atoms with Crippen molar-refractivity contribution in [2.45, 2.75) is 20.3 Å². The zero-order chi connectivity index (χ0) is 15.3. The quantitative estimate of drug-likeness (QED) is 0.884. The number of carbonyl (C=O) groups is 1. The lowest BCUT2D eigenvalue weighted by Gasteiger charge is -2.22. The Morgan fingerprint density at radius 3 is 2.33 bits per heavy atom. The number of nitrogens with two attached hydrogens (primary N) is 1. The molecule has 0 atom stereocenters. The lowest BCUT2D eigenvalue weighted by Crippen LogP contribution is -2.37. The first-order valence-corrected chi connectivity index (χ1v) is 7.16. The summed E-state index contributed by atoms with van der Waals surface area (Å²) in [5, 5.41) is 3.00. The van der Waals surface area contributed by atoms with E-state index in [4.69, 9.17) is 5.73 Å². The molecule has 0 spiro atoms. The van der Waals surface area contributed by atoms with E-state index in [1.54, 1.807) is 0 Å². The molecule has 0 bridgehead atoms. The third kappa shape index (κ3) is 3.92. The van der Waals surface area contributed by atoms with Gasteiger partial charge in [-0.1, -0.05) is 48.5 Å². The first-order chi connectivity index (χ1) is 10.0. The Morgan fingerprint density at radius 1 is 1.05 bits per heavy atom. The molecule has 0 aliphatic rings. The highest BCUT2D eigenvalue weighted by Crippen LogP contribution is 2.22. The van der Waals surface area contributed by atoms with Gasteiger partial charge < -0.3 is 11.1 Å². The van der Waals surface area contributed by atoms with Crippen LogP contribution < -0.4 is 11.1 Å². The van der Waals surface area contributed by atoms with Crippen molar-refractivity contribution in [1.82, 2.24) is 0 Å². The summed E-state index contributed by atoms with van der Waals surface area (Å²) in [6, 6.07) is 18.1. The molecule has 0 radical (unpaired) electrons. The summed E-state index contributed by atoms with van der Waals surface area (Å²) >= 11 is 0. The summed E-state index contributed by atoms with van der Waals surface area (Å²) in [4.78, 5) is 12.3. The summed E-state index contributed by atoms with van der Waals surface area (Å²) in [6.45, 7) is 4.02. The smallest absolute Gasteiger partial charge is 0.231 e. The molecule has 110 valence electrons. The Labute approximate surface area is 126 Å². The average molecular weight is 282 g/mol. The van der Waals surface area contributed by atoms with Crippen LogP contribution in [0.4, 0.5) is 5.69 Å². The average Bonchev–Trinajstić information content (AvgIpc) is 2.50. The lowest BCUT2D eigenvalue weighted by atomic mass is 9.92. The maximum absolute atomic E-state index is 12.3. The number of para-hydroxylation sites is 1. The summed E-state index contributed by atoms with van der Waals surface area (Å²) in [5.41, 5.74) is 8.27. The predicted octanol–water partition coefficient (Wildman–Crippen LogP) is 3.20. The molecule has 0 saturated carbocycles. The fourth-order valence-electron chi connectivity index (χ4n) is 2.00. The highest BCUT2D eigenvalue weighted by molar-refractivity contribution is 5.95. The van der Waals surface area contributed by atoms with Crippen LogP contribution in [0.1, 0.15) is 25.0 Å². The number of hydrogen-bond acceptors (Lipinski definition) is 2. The van der Waals surface area contributed by atoms with Crippen LogP contribution in [0.15, 0.2) is 54.6 Å². The molecule has 2 aromatic carbocycles. The fraction of sp³-hybridized carbons (Fsp3) is 0.278. The van der Waals surface area contributed by atoms with Gasteiger partial charge in [-0.2, -0.15) is 0 Å². The molecule has 2 rings (SSSR count). The molecule has 3 N–H and O–H groups in total. The molecule has 3 nitrogen and oxygen atoms in total. The monoisotopic (exact) mass is 282 g/mol. The van der Waals surface area contributed by atoms with Crippen LogP contribution in [-0.4, -0.2) is 12.5 Å². The van der Waals surface area contributed by atoms with E-state index in [-0.39, 0.29) is 5.91 Å². The second-order valence-electron chi connectivity index (χ2n) is 5.86. The molecule has 0 unspecified atom stereocenters. The summed E-state index contributed by atoms with van der Waals surface area (Å²) in [5.74, 6) is -0.0505. The SMILES string of the molecule is CC(C)(CN)C(=O)Nc1ccccc1Cc1ccccc1. The highest BCUT2D eigenvalue weighted by Gasteiger charge is 2.26. The van der Waals surface area contributed by atoms with Gasteiger partial charge in [-0.25, -0.2) is 0 Å². The normalized spacial score (nSPS) is 11.2. The van der Waals surface area contributed by atoms with Gasteiger partial charge in [-0.3, -0.25) is 4.79 Å². The van der Waals surface area contributed by atoms with E-state index in [9.17, 15) is 4.79 Å². The van der Waals surface area contributed by atoms with E-state index < -0.39 is 5.41 Å². The number of rotatable bonds is 5. The second kappa shape index (κ2) is 6.55. The third-order valence-electron chi connectivity index (χ3n) is 3.63. The first kappa shape index (κ1) is 15.3. The van der Waals surface area contributed by atoms with Gasteiger partial charge in [0.15, 0.2) is 0 Å². The zero-order valence-electron chi connectivity index (χ0n) is 12.6. The standard InChI is InChI=1S/C18H22N2O/c1-18(2,13-19)17(21)20-16-11-7-6-10-15(16)12-14-8-4-3-5-9-14/h3-11H,12-13,19H2,1-2H3,(H,20,21). The van der Waals surface area contributed by atoms with Crippen LogP contribution in [0.5, 0.6) is 0 Å². The molecule has 0 saturated heterocycles. The van der Waals surface area contributed by atoms with Crippen LogP contribution in [-0.2, 0) is 11.2 Å². The van der Waals surface area contributed by atoms with Gasteiger partial charge in [0.1, 0.15) is 0 Å². The van der Waals surface area contributed by atoms with Crippen LogP contribution >= 0.6 is 0 Å². The van der Waals surface area contributed by atoms with E-state index in [2.05, 4.69) is 17.4 Å². The summed E-state index contributed by atoms with van der Waals surface area (Å²) in [6.07, 6.45) is 0.792. The van der Waals surface area contributed by atoms with Crippen molar-refractivity contribution in [3.05, 3.63) is 65.7 Å². The Balaban J connectivity index is 2.20. The number of hydrogen-bond donors (Lipinski definition) is 2. The minimum atomic E-state index is -0.570. The van der Waals surface area contributed by atoms with E-state index in [1.165, 1.54) is 5.56 Å². The van der Waals surface area contributed by atoms with Gasteiger partial charge in [-0.05, 0) is 37.5 Å². The minimum Gasteiger partial charge on any atom is -0.329 e. The highest BCUT2D eigenvalue weighted by atomic mass is 16.2. The third-order valence-corrected chi connectivity index (χ3v) is 3.63. The van der Waals surface area contributed by atoms with Crippen molar-refractivity contribution >= 4 is 11.6 Å². The first-order valence-electron chi connectivity index (χ1n) is 7.16. The predicted molar refractivity (Wildman–Crippen MR) is 87.2 cm³/mol. The Hall–Kier alpha value is -2.13. The number of nitrogens with one attached hydrogen (secondary N) is 1. The van der Waals surface area contributed by atoms with Crippen molar-refractivity contribution < 1.29 is 4.79 Å². The zero-order valence-corrected chi connectivity index (χ0v) is 12.6. The van der Waals surface area contributed by atoms with Crippen LogP contribution in [0.25, 0.3) is 0 Å². The van der Waals surface area contributed by atoms with Gasteiger partial charge in [0, 0.05) is 12.2 Å². The minimum absolute atomic E-state index is 0.0505. The molecule has 0 fully saturated rings. The van der Waals surface area contributed by atoms with E-state index in [0.29, 0.717) is 6.54 Å². The van der Waals surface area contributed by atoms with Crippen molar-refractivity contribution in [3.63, 3.8) is 0 Å². The molecule has 0 aromatic heterocycles. The molecule has 0 aliphatic heterocycles. The van der Waals surface area contributed by atoms with Gasteiger partial charge in [0.2, 0.25) is 5.91 Å². The number of benzene rings is 2. The second-order valence-corrected chi connectivity index (χ2v) is 5.86. The molecule has 0 aliphatic carbocycles. The number of carbonyl (C=O) groups excluding carboxylic acids is 1. The fourth-order valence-corrected chi connectivity index (χ4v) is 2.00. The van der Waals surface area contributed by atoms with Gasteiger partial charge >= 0.3 is 0 Å². The number of anilines is 1. The van der Waals surface area contributed by atoms with Crippen molar-refractivity contribution in [3.8, 4) is 0 Å². The van der Waals surface area contributed by atoms with Gasteiger partial charge in [-0.15, -0.1) is 0 Å². The lowest BCUT2D eigenvalue weighted by molar-refractivity contribution is -0.123. The molecule has 2 aromatic rings. The topological polar surface area (TPSA) is 55.1 Å². The maximum Gasteiger partial charge on any atom is 0.231 e. The van der Waals surface area contributed by atoms with Crippen molar-refractivity contribution in [2.75, 3.05) is 11.9 Å². The molecular weight excluding hydrogens is 260 g/mol. The van der Waals surface area contributed by atoms with E-state index in [1.807, 2.05) is 56.3 Å². The van der Waals surface area contributed by atoms with Crippen molar-refractivity contribution in [1.29, 1.82) is 0 Å². The molecule has 1 amide bonds. The van der Waals surface area contributed by atoms with Crippen molar-refractivity contribution in [2.24, 2.45) is 11.1 Å². The Kier molecular flexibility index (Phi) is 4.76. The van der Waals surface area contributed by atoms with E-state index >= 15 is 0 Å². The maximum atomic E-state index is 12.3. The molecule has 0 heterocycles. The van der Waals surface area contributed by atoms with Crippen LogP contribution in [0.3, 0.4) is 0 Å².